The van der Waals surface area contributed by atoms with Gasteiger partial charge in [-0.2, -0.15) is 0 Å². The van der Waals surface area contributed by atoms with Crippen molar-refractivity contribution in [2.75, 3.05) is 13.1 Å². The predicted octanol–water partition coefficient (Wildman–Crippen LogP) is 4.54. The van der Waals surface area contributed by atoms with Gasteiger partial charge in [-0.1, -0.05) is 0 Å². The summed E-state index contributed by atoms with van der Waals surface area (Å²) in [6.07, 6.45) is 9.11. The summed E-state index contributed by atoms with van der Waals surface area (Å²) in [5.41, 5.74) is 0.168. The number of piperidine rings is 1. The molecule has 1 aromatic rings. The first kappa shape index (κ1) is 20.9. The van der Waals surface area contributed by atoms with E-state index in [-0.39, 0.29) is 28.8 Å². The molecule has 1 atom stereocenters. The lowest BCUT2D eigenvalue weighted by molar-refractivity contribution is -0.131. The van der Waals surface area contributed by atoms with Crippen molar-refractivity contribution in [1.29, 1.82) is 0 Å². The van der Waals surface area contributed by atoms with Crippen molar-refractivity contribution in [2.24, 2.45) is 29.1 Å². The van der Waals surface area contributed by atoms with Gasteiger partial charge >= 0.3 is 0 Å². The Bertz CT molecular complexity index is 843. The van der Waals surface area contributed by atoms with Crippen LogP contribution in [-0.4, -0.2) is 35.8 Å². The quantitative estimate of drug-likeness (QED) is 0.763. The molecule has 0 unspecified atom stereocenters. The van der Waals surface area contributed by atoms with Crippen LogP contribution in [0.1, 0.15) is 68.6 Å². The summed E-state index contributed by atoms with van der Waals surface area (Å²) in [5, 5.41) is 3.35. The van der Waals surface area contributed by atoms with E-state index in [4.69, 9.17) is 0 Å². The van der Waals surface area contributed by atoms with Crippen LogP contribution in [0.5, 0.6) is 0 Å². The number of nitrogens with one attached hydrogen (secondary N) is 1. The van der Waals surface area contributed by atoms with Crippen molar-refractivity contribution in [3.05, 3.63) is 35.4 Å². The number of hydrogen-bond donors (Lipinski definition) is 1. The highest BCUT2D eigenvalue weighted by atomic mass is 19.1. The van der Waals surface area contributed by atoms with E-state index >= 15 is 0 Å². The van der Waals surface area contributed by atoms with Gasteiger partial charge in [0, 0.05) is 31.1 Å². The molecule has 4 bridgehead atoms. The average Bonchev–Trinajstić information content (AvgIpc) is 2.72. The summed E-state index contributed by atoms with van der Waals surface area (Å²) in [7, 11) is 0. The fourth-order valence-electron chi connectivity index (χ4n) is 7.37. The van der Waals surface area contributed by atoms with Crippen molar-refractivity contribution in [3.8, 4) is 0 Å². The largest absolute Gasteiger partial charge is 0.353 e. The molecular weight excluding hydrogens is 398 g/mol. The minimum Gasteiger partial charge on any atom is -0.353 e. The van der Waals surface area contributed by atoms with Gasteiger partial charge in [-0.15, -0.1) is 0 Å². The van der Waals surface area contributed by atoms with E-state index in [0.29, 0.717) is 25.9 Å². The number of amides is 2. The first-order valence-electron chi connectivity index (χ1n) is 11.9. The Balaban J connectivity index is 1.16. The summed E-state index contributed by atoms with van der Waals surface area (Å²) in [5.74, 6) is 0.581. The number of carbonyl (C=O) groups is 2. The fourth-order valence-corrected chi connectivity index (χ4v) is 7.37. The third-order valence-corrected chi connectivity index (χ3v) is 8.68. The van der Waals surface area contributed by atoms with Crippen molar-refractivity contribution in [3.63, 3.8) is 0 Å². The molecule has 1 saturated heterocycles. The van der Waals surface area contributed by atoms with Crippen molar-refractivity contribution in [2.45, 2.75) is 64.3 Å². The van der Waals surface area contributed by atoms with Gasteiger partial charge in [-0.3, -0.25) is 9.59 Å². The normalized spacial score (nSPS) is 33.4. The number of nitrogens with zero attached hydrogens (tertiary/aromatic N) is 1. The van der Waals surface area contributed by atoms with Crippen LogP contribution in [0.3, 0.4) is 0 Å². The van der Waals surface area contributed by atoms with Crippen LogP contribution in [-0.2, 0) is 4.79 Å². The van der Waals surface area contributed by atoms with Crippen LogP contribution in [0.4, 0.5) is 8.78 Å². The smallest absolute Gasteiger partial charge is 0.256 e. The van der Waals surface area contributed by atoms with Crippen LogP contribution >= 0.6 is 0 Å². The number of hydrogen-bond acceptors (Lipinski definition) is 2. The van der Waals surface area contributed by atoms with Crippen molar-refractivity contribution < 1.29 is 18.4 Å². The summed E-state index contributed by atoms with van der Waals surface area (Å²) in [4.78, 5) is 27.2. The Morgan fingerprint density at radius 3 is 2.16 bits per heavy atom. The van der Waals surface area contributed by atoms with Gasteiger partial charge in [0.05, 0.1) is 5.56 Å². The van der Waals surface area contributed by atoms with Crippen molar-refractivity contribution >= 4 is 11.8 Å². The number of carbonyl (C=O) groups excluding carboxylic acids is 2. The highest BCUT2D eigenvalue weighted by Gasteiger charge is 2.53. The Hall–Kier alpha value is -1.98. The van der Waals surface area contributed by atoms with Crippen LogP contribution in [0.25, 0.3) is 0 Å². The van der Waals surface area contributed by atoms with Crippen LogP contribution in [0, 0.1) is 40.7 Å². The lowest BCUT2D eigenvalue weighted by Crippen LogP contribution is -2.57. The maximum atomic E-state index is 14.0. The number of benzene rings is 1. The molecule has 0 aromatic heterocycles. The Morgan fingerprint density at radius 1 is 1.03 bits per heavy atom. The number of rotatable bonds is 4. The first-order valence-corrected chi connectivity index (χ1v) is 11.9. The first-order chi connectivity index (χ1) is 14.8. The maximum Gasteiger partial charge on any atom is 0.256 e. The van der Waals surface area contributed by atoms with Gasteiger partial charge in [-0.25, -0.2) is 8.78 Å². The maximum absolute atomic E-state index is 14.0. The van der Waals surface area contributed by atoms with Crippen molar-refractivity contribution in [1.82, 2.24) is 10.2 Å². The summed E-state index contributed by atoms with van der Waals surface area (Å²) >= 11 is 0. The predicted molar refractivity (Wildman–Crippen MR) is 113 cm³/mol. The second-order valence-electron chi connectivity index (χ2n) is 10.7. The molecule has 0 spiro atoms. The molecule has 2 amide bonds. The highest BCUT2D eigenvalue weighted by Crippen LogP contribution is 2.61. The second-order valence-corrected chi connectivity index (χ2v) is 10.7. The molecule has 1 aliphatic heterocycles. The standard InChI is InChI=1S/C25H32F2N2O2/c1-15(25-12-16-8-17(13-25)10-18(9-16)14-25)28-23(30)19-4-6-29(7-5-19)24(31)21-3-2-20(26)11-22(21)27/h2-3,11,15-19H,4-10,12-14H2,1H3,(H,28,30)/t15-,16?,17?,18?,25?/m0/s1. The van der Waals surface area contributed by atoms with Gasteiger partial charge in [0.2, 0.25) is 5.91 Å². The van der Waals surface area contributed by atoms with Gasteiger partial charge in [-0.05, 0) is 93.6 Å². The Morgan fingerprint density at radius 2 is 1.61 bits per heavy atom. The van der Waals surface area contributed by atoms with E-state index < -0.39 is 17.5 Å². The van der Waals surface area contributed by atoms with E-state index in [0.717, 1.165) is 29.9 Å². The van der Waals surface area contributed by atoms with Gasteiger partial charge < -0.3 is 10.2 Å². The average molecular weight is 431 g/mol. The fraction of sp³-hybridized carbons (Fsp3) is 0.680. The molecule has 6 rings (SSSR count). The third kappa shape index (κ3) is 3.87. The lowest BCUT2D eigenvalue weighted by Gasteiger charge is -2.59. The molecule has 5 fully saturated rings. The van der Waals surface area contributed by atoms with Crippen LogP contribution in [0.2, 0.25) is 0 Å². The Kier molecular flexibility index (Phi) is 5.30. The molecule has 5 aliphatic rings. The second kappa shape index (κ2) is 7.86. The third-order valence-electron chi connectivity index (χ3n) is 8.68. The highest BCUT2D eigenvalue weighted by molar-refractivity contribution is 5.94. The molecule has 168 valence electrons. The molecule has 0 radical (unpaired) electrons. The van der Waals surface area contributed by atoms with Gasteiger partial charge in [0.25, 0.3) is 5.91 Å². The zero-order chi connectivity index (χ0) is 21.8. The van der Waals surface area contributed by atoms with Gasteiger partial charge in [0.15, 0.2) is 0 Å². The SMILES string of the molecule is C[C@H](NC(=O)C1CCN(C(=O)c2ccc(F)cc2F)CC1)C12CC3CC(CC(C3)C1)C2. The minimum absolute atomic E-state index is 0.100. The molecule has 4 aliphatic carbocycles. The summed E-state index contributed by atoms with van der Waals surface area (Å²) in [6, 6.07) is 3.22. The topological polar surface area (TPSA) is 49.4 Å². The van der Waals surface area contributed by atoms with E-state index in [1.165, 1.54) is 44.6 Å². The van der Waals surface area contributed by atoms with E-state index in [9.17, 15) is 18.4 Å². The molecule has 4 saturated carbocycles. The molecule has 31 heavy (non-hydrogen) atoms. The molecule has 1 N–H and O–H groups in total. The summed E-state index contributed by atoms with van der Waals surface area (Å²) in [6.45, 7) is 3.03. The summed E-state index contributed by atoms with van der Waals surface area (Å²) < 4.78 is 27.1. The van der Waals surface area contributed by atoms with Gasteiger partial charge in [0.1, 0.15) is 11.6 Å². The van der Waals surface area contributed by atoms with E-state index in [1.807, 2.05) is 0 Å². The number of halogens is 2. The van der Waals surface area contributed by atoms with E-state index in [1.54, 1.807) is 4.90 Å². The Labute approximate surface area is 182 Å². The molecule has 1 heterocycles. The van der Waals surface area contributed by atoms with E-state index in [2.05, 4.69) is 12.2 Å². The number of likely N-dealkylation sites (tertiary alicyclic amines) is 1. The van der Waals surface area contributed by atoms with Crippen LogP contribution in [0.15, 0.2) is 18.2 Å². The molecule has 6 heteroatoms. The molecule has 1 aromatic carbocycles. The molecular formula is C25H32F2N2O2. The van der Waals surface area contributed by atoms with Crippen LogP contribution < -0.4 is 5.32 Å². The minimum atomic E-state index is -0.839. The zero-order valence-corrected chi connectivity index (χ0v) is 18.2. The monoisotopic (exact) mass is 430 g/mol. The zero-order valence-electron chi connectivity index (χ0n) is 18.2. The molecule has 4 nitrogen and oxygen atoms in total. The lowest BCUT2D eigenvalue weighted by atomic mass is 9.48.